The first-order valence-corrected chi connectivity index (χ1v) is 11.7. The van der Waals surface area contributed by atoms with Crippen LogP contribution in [0.3, 0.4) is 0 Å². The molecule has 2 nitrogen and oxygen atoms in total. The second kappa shape index (κ2) is 6.94. The number of thiophene rings is 2. The van der Waals surface area contributed by atoms with Crippen LogP contribution >= 0.6 is 35.3 Å². The quantitative estimate of drug-likeness (QED) is 0.287. The molecule has 3 aromatic heterocycles. The van der Waals surface area contributed by atoms with Gasteiger partial charge in [0, 0.05) is 20.3 Å². The van der Waals surface area contributed by atoms with Gasteiger partial charge in [0.15, 0.2) is 0 Å². The van der Waals surface area contributed by atoms with Gasteiger partial charge in [0.1, 0.15) is 6.33 Å². The molecule has 0 amide bonds. The van der Waals surface area contributed by atoms with Gasteiger partial charge in [0.05, 0.1) is 15.9 Å². The molecule has 0 aliphatic rings. The van der Waals surface area contributed by atoms with Gasteiger partial charge in [-0.2, -0.15) is 12.6 Å². The number of rotatable bonds is 2. The van der Waals surface area contributed by atoms with E-state index in [9.17, 15) is 0 Å². The van der Waals surface area contributed by atoms with E-state index in [1.165, 1.54) is 25.7 Å². The van der Waals surface area contributed by atoms with Gasteiger partial charge in [-0.15, -0.1) is 22.7 Å². The number of thiol groups is 1. The highest BCUT2D eigenvalue weighted by atomic mass is 32.1. The van der Waals surface area contributed by atoms with Crippen LogP contribution in [0, 0.1) is 0 Å². The largest absolute Gasteiger partial charge is 0.235 e. The summed E-state index contributed by atoms with van der Waals surface area (Å²) in [5.74, 6) is 0. The standard InChI is InChI=1S/C24H20N2S3/c1-24(2,3)18-12-16(11-15-7-9-28-22(15)18)20-23-21(26-13-25-20)17-5-4-14(6-8-27)10-19(17)29-23/h4-13,27H,1-3H3/b8-6-. The Kier molecular flexibility index (Phi) is 4.50. The fraction of sp³-hybridized carbons (Fsp3) is 0.167. The van der Waals surface area contributed by atoms with E-state index in [0.29, 0.717) is 0 Å². The molecular weight excluding hydrogens is 412 g/mol. The Morgan fingerprint density at radius 1 is 1.00 bits per heavy atom. The maximum absolute atomic E-state index is 4.72. The molecule has 2 aromatic carbocycles. The minimum absolute atomic E-state index is 0.0690. The molecule has 0 bridgehead atoms. The second-order valence-corrected chi connectivity index (χ2v) is 10.5. The SMILES string of the molecule is CC(C)(C)c1cc(-c2ncnc3c2sc2cc(/C=C\S)ccc23)cc2ccsc12. The van der Waals surface area contributed by atoms with Crippen LogP contribution in [0.15, 0.2) is 53.5 Å². The molecule has 0 atom stereocenters. The van der Waals surface area contributed by atoms with E-state index in [1.54, 1.807) is 23.1 Å². The van der Waals surface area contributed by atoms with E-state index in [0.717, 1.165) is 27.0 Å². The van der Waals surface area contributed by atoms with E-state index >= 15 is 0 Å². The highest BCUT2D eigenvalue weighted by Crippen LogP contribution is 2.41. The molecule has 0 aliphatic carbocycles. The van der Waals surface area contributed by atoms with Crippen molar-refractivity contribution in [2.75, 3.05) is 0 Å². The second-order valence-electron chi connectivity index (χ2n) is 8.19. The smallest absolute Gasteiger partial charge is 0.116 e. The highest BCUT2D eigenvalue weighted by Gasteiger charge is 2.21. The average Bonchev–Trinajstić information content (AvgIpc) is 3.30. The first-order chi connectivity index (χ1) is 14.0. The summed E-state index contributed by atoms with van der Waals surface area (Å²) in [5.41, 5.74) is 5.78. The van der Waals surface area contributed by atoms with Crippen LogP contribution in [-0.4, -0.2) is 9.97 Å². The molecular formula is C24H20N2S3. The monoisotopic (exact) mass is 432 g/mol. The molecule has 29 heavy (non-hydrogen) atoms. The average molecular weight is 433 g/mol. The summed E-state index contributed by atoms with van der Waals surface area (Å²) in [6.45, 7) is 6.82. The van der Waals surface area contributed by atoms with E-state index in [4.69, 9.17) is 4.98 Å². The van der Waals surface area contributed by atoms with Crippen molar-refractivity contribution < 1.29 is 0 Å². The van der Waals surface area contributed by atoms with Gasteiger partial charge < -0.3 is 0 Å². The molecule has 0 N–H and O–H groups in total. The molecule has 0 fully saturated rings. The molecule has 0 unspecified atom stereocenters. The highest BCUT2D eigenvalue weighted by molar-refractivity contribution is 7.83. The van der Waals surface area contributed by atoms with Crippen LogP contribution in [0.5, 0.6) is 0 Å². The van der Waals surface area contributed by atoms with Crippen LogP contribution in [0.1, 0.15) is 31.9 Å². The minimum Gasteiger partial charge on any atom is -0.235 e. The van der Waals surface area contributed by atoms with Crippen molar-refractivity contribution in [3.63, 3.8) is 0 Å². The summed E-state index contributed by atoms with van der Waals surface area (Å²) >= 11 is 7.78. The number of hydrogen-bond acceptors (Lipinski definition) is 5. The lowest BCUT2D eigenvalue weighted by molar-refractivity contribution is 0.597. The predicted molar refractivity (Wildman–Crippen MR) is 132 cm³/mol. The van der Waals surface area contributed by atoms with Gasteiger partial charge in [0.25, 0.3) is 0 Å². The fourth-order valence-electron chi connectivity index (χ4n) is 3.76. The molecule has 0 saturated carbocycles. The number of fused-ring (bicyclic) bond motifs is 4. The molecule has 0 radical (unpaired) electrons. The molecule has 5 aromatic rings. The van der Waals surface area contributed by atoms with E-state index in [1.807, 2.05) is 17.4 Å². The summed E-state index contributed by atoms with van der Waals surface area (Å²) in [6, 6.07) is 13.2. The maximum Gasteiger partial charge on any atom is 0.116 e. The number of hydrogen-bond donors (Lipinski definition) is 1. The first-order valence-electron chi connectivity index (χ1n) is 9.46. The Morgan fingerprint density at radius 2 is 1.86 bits per heavy atom. The first kappa shape index (κ1) is 18.8. The summed E-state index contributed by atoms with van der Waals surface area (Å²) in [7, 11) is 0. The third-order valence-corrected chi connectivity index (χ3v) is 7.44. The number of aromatic nitrogens is 2. The van der Waals surface area contributed by atoms with Gasteiger partial charge in [-0.3, -0.25) is 0 Å². The fourth-order valence-corrected chi connectivity index (χ4v) is 6.26. The third-order valence-electron chi connectivity index (χ3n) is 5.18. The maximum atomic E-state index is 4.72. The lowest BCUT2D eigenvalue weighted by Crippen LogP contribution is -2.11. The minimum atomic E-state index is 0.0690. The van der Waals surface area contributed by atoms with Gasteiger partial charge in [-0.25, -0.2) is 9.97 Å². The summed E-state index contributed by atoms with van der Waals surface area (Å²) in [6.07, 6.45) is 3.69. The van der Waals surface area contributed by atoms with Crippen molar-refractivity contribution in [2.24, 2.45) is 0 Å². The Morgan fingerprint density at radius 3 is 2.66 bits per heavy atom. The van der Waals surface area contributed by atoms with Crippen LogP contribution in [-0.2, 0) is 5.41 Å². The van der Waals surface area contributed by atoms with Gasteiger partial charge in [-0.1, -0.05) is 32.9 Å². The van der Waals surface area contributed by atoms with Crippen LogP contribution in [0.2, 0.25) is 0 Å². The Labute approximate surface area is 183 Å². The zero-order chi connectivity index (χ0) is 20.2. The number of nitrogens with zero attached hydrogens (tertiary/aromatic N) is 2. The summed E-state index contributed by atoms with van der Waals surface area (Å²) in [5, 5.41) is 6.41. The third kappa shape index (κ3) is 3.18. The summed E-state index contributed by atoms with van der Waals surface area (Å²) < 4.78 is 3.73. The zero-order valence-electron chi connectivity index (χ0n) is 16.4. The summed E-state index contributed by atoms with van der Waals surface area (Å²) in [4.78, 5) is 9.34. The Balaban J connectivity index is 1.80. The van der Waals surface area contributed by atoms with E-state index in [-0.39, 0.29) is 5.41 Å². The van der Waals surface area contributed by atoms with Crippen molar-refractivity contribution >= 4 is 71.8 Å². The van der Waals surface area contributed by atoms with Crippen molar-refractivity contribution in [1.82, 2.24) is 9.97 Å². The Bertz CT molecular complexity index is 1400. The van der Waals surface area contributed by atoms with Crippen molar-refractivity contribution in [3.05, 3.63) is 64.6 Å². The van der Waals surface area contributed by atoms with Crippen LogP contribution in [0.25, 0.3) is 47.7 Å². The van der Waals surface area contributed by atoms with Crippen LogP contribution < -0.4 is 0 Å². The zero-order valence-corrected chi connectivity index (χ0v) is 19.0. The van der Waals surface area contributed by atoms with Crippen molar-refractivity contribution in [2.45, 2.75) is 26.2 Å². The predicted octanol–water partition coefficient (Wildman–Crippen LogP) is 7.92. The molecule has 144 valence electrons. The van der Waals surface area contributed by atoms with Gasteiger partial charge >= 0.3 is 0 Å². The van der Waals surface area contributed by atoms with Crippen molar-refractivity contribution in [1.29, 1.82) is 0 Å². The molecule has 5 rings (SSSR count). The molecule has 3 heterocycles. The molecule has 0 spiro atoms. The normalized spacial score (nSPS) is 12.7. The van der Waals surface area contributed by atoms with Crippen molar-refractivity contribution in [3.8, 4) is 11.3 Å². The van der Waals surface area contributed by atoms with Crippen LogP contribution in [0.4, 0.5) is 0 Å². The molecule has 0 aliphatic heterocycles. The number of benzene rings is 2. The topological polar surface area (TPSA) is 25.8 Å². The van der Waals surface area contributed by atoms with Gasteiger partial charge in [0.2, 0.25) is 0 Å². The lowest BCUT2D eigenvalue weighted by Gasteiger charge is -2.21. The lowest BCUT2D eigenvalue weighted by atomic mass is 9.85. The van der Waals surface area contributed by atoms with E-state index < -0.39 is 0 Å². The van der Waals surface area contributed by atoms with E-state index in [2.05, 4.69) is 80.2 Å². The molecule has 5 heteroatoms. The van der Waals surface area contributed by atoms with Gasteiger partial charge in [-0.05, 0) is 63.1 Å². The Hall–Kier alpha value is -2.21. The molecule has 0 saturated heterocycles.